The number of nitriles is 1. The highest BCUT2D eigenvalue weighted by Crippen LogP contribution is 2.32. The standard InChI is InChI=1S/C26H33N7O4S.ClH/c1-32(25(34)21-7-5-10-37-21)16-18-12-17-6-4-9-33(23(17)31-24(18)36-2)26(35)30-22-13-20(28-8-11-38-3)19(14-27)15-29-22;/h12-13,15,21H,4-11,16H2,1-3H3,(H2,28,29,30,35);1H/t21-;/m0./s1. The van der Waals surface area contributed by atoms with Crippen molar-refractivity contribution in [2.45, 2.75) is 38.3 Å². The van der Waals surface area contributed by atoms with Crippen LogP contribution in [0.2, 0.25) is 0 Å². The van der Waals surface area contributed by atoms with E-state index < -0.39 is 6.10 Å². The Morgan fingerprint density at radius 3 is 2.87 bits per heavy atom. The van der Waals surface area contributed by atoms with Gasteiger partial charge in [0.2, 0.25) is 5.88 Å². The number of carbonyl (C=O) groups is 2. The summed E-state index contributed by atoms with van der Waals surface area (Å²) in [6.07, 6.45) is 6.20. The van der Waals surface area contributed by atoms with Crippen molar-refractivity contribution >= 4 is 53.4 Å². The van der Waals surface area contributed by atoms with Crippen LogP contribution in [0, 0.1) is 11.3 Å². The monoisotopic (exact) mass is 575 g/mol. The number of pyridine rings is 2. The molecule has 1 saturated heterocycles. The minimum absolute atomic E-state index is 0. The number of methoxy groups -OCH3 is 1. The molecular weight excluding hydrogens is 542 g/mol. The van der Waals surface area contributed by atoms with Crippen LogP contribution in [0.1, 0.15) is 36.0 Å². The highest BCUT2D eigenvalue weighted by Gasteiger charge is 2.29. The summed E-state index contributed by atoms with van der Waals surface area (Å²) in [7, 11) is 3.27. The SMILES string of the molecule is COc1nc2c(cc1CN(C)C(=O)[C@@H]1CCCO1)CCCN2C(=O)Nc1cc(NCCSC)c(C#N)cn1.Cl. The number of hydrogen-bond acceptors (Lipinski definition) is 9. The number of likely N-dealkylation sites (N-methyl/N-ethyl adjacent to an activating group) is 1. The van der Waals surface area contributed by atoms with E-state index in [1.807, 2.05) is 12.3 Å². The third-order valence-corrected chi connectivity index (χ3v) is 7.12. The zero-order valence-corrected chi connectivity index (χ0v) is 24.0. The zero-order chi connectivity index (χ0) is 27.1. The Morgan fingerprint density at radius 1 is 1.36 bits per heavy atom. The first-order valence-corrected chi connectivity index (χ1v) is 14.0. The number of anilines is 3. The maximum absolute atomic E-state index is 13.3. The summed E-state index contributed by atoms with van der Waals surface area (Å²) in [5.74, 6) is 2.06. The number of carbonyl (C=O) groups excluding carboxylic acids is 2. The fourth-order valence-electron chi connectivity index (χ4n) is 4.59. The Hall–Kier alpha value is -3.27. The van der Waals surface area contributed by atoms with Crippen LogP contribution in [0.25, 0.3) is 0 Å². The topological polar surface area (TPSA) is 133 Å². The number of aryl methyl sites for hydroxylation is 1. The van der Waals surface area contributed by atoms with E-state index in [0.29, 0.717) is 55.0 Å². The van der Waals surface area contributed by atoms with Gasteiger partial charge in [0.1, 0.15) is 23.8 Å². The molecule has 2 aliphatic heterocycles. The van der Waals surface area contributed by atoms with E-state index in [2.05, 4.69) is 26.7 Å². The molecule has 3 amide bonds. The largest absolute Gasteiger partial charge is 0.481 e. The van der Waals surface area contributed by atoms with Gasteiger partial charge in [0.05, 0.1) is 24.9 Å². The molecule has 210 valence electrons. The average Bonchev–Trinajstić information content (AvgIpc) is 3.47. The van der Waals surface area contributed by atoms with Crippen molar-refractivity contribution in [1.29, 1.82) is 5.26 Å². The Labute approximate surface area is 239 Å². The quantitative estimate of drug-likeness (QED) is 0.430. The molecule has 0 saturated carbocycles. The molecule has 0 aliphatic carbocycles. The summed E-state index contributed by atoms with van der Waals surface area (Å²) in [4.78, 5) is 38.2. The van der Waals surface area contributed by atoms with Crippen molar-refractivity contribution in [3.05, 3.63) is 35.0 Å². The van der Waals surface area contributed by atoms with Gasteiger partial charge in [-0.3, -0.25) is 15.0 Å². The van der Waals surface area contributed by atoms with Gasteiger partial charge in [0, 0.05) is 50.3 Å². The molecule has 2 aromatic rings. The molecule has 0 spiro atoms. The van der Waals surface area contributed by atoms with Crippen LogP contribution in [-0.4, -0.2) is 78.8 Å². The van der Waals surface area contributed by atoms with Gasteiger partial charge in [-0.2, -0.15) is 22.0 Å². The highest BCUT2D eigenvalue weighted by molar-refractivity contribution is 7.98. The molecule has 2 N–H and O–H groups in total. The molecule has 1 atom stereocenters. The highest BCUT2D eigenvalue weighted by atomic mass is 35.5. The van der Waals surface area contributed by atoms with E-state index in [1.165, 1.54) is 13.3 Å². The number of ether oxygens (including phenoxy) is 2. The van der Waals surface area contributed by atoms with Crippen LogP contribution in [0.5, 0.6) is 5.88 Å². The van der Waals surface area contributed by atoms with Gasteiger partial charge in [0.15, 0.2) is 0 Å². The second-order valence-corrected chi connectivity index (χ2v) is 10.2. The number of hydrogen-bond donors (Lipinski definition) is 2. The molecule has 2 aromatic heterocycles. The van der Waals surface area contributed by atoms with Gasteiger partial charge in [-0.25, -0.2) is 9.78 Å². The lowest BCUT2D eigenvalue weighted by Crippen LogP contribution is -2.40. The maximum Gasteiger partial charge on any atom is 0.328 e. The number of thioether (sulfide) groups is 1. The summed E-state index contributed by atoms with van der Waals surface area (Å²) >= 11 is 1.70. The molecule has 1 fully saturated rings. The third-order valence-electron chi connectivity index (χ3n) is 6.51. The van der Waals surface area contributed by atoms with Crippen molar-refractivity contribution in [2.75, 3.05) is 61.4 Å². The minimum Gasteiger partial charge on any atom is -0.481 e. The number of nitrogens with zero attached hydrogens (tertiary/aromatic N) is 5. The molecule has 39 heavy (non-hydrogen) atoms. The van der Waals surface area contributed by atoms with Crippen molar-refractivity contribution in [3.63, 3.8) is 0 Å². The normalized spacial score (nSPS) is 15.9. The van der Waals surface area contributed by atoms with Gasteiger partial charge in [0.25, 0.3) is 5.91 Å². The van der Waals surface area contributed by atoms with Gasteiger partial charge >= 0.3 is 6.03 Å². The number of nitrogens with one attached hydrogen (secondary N) is 2. The van der Waals surface area contributed by atoms with Crippen molar-refractivity contribution in [2.24, 2.45) is 0 Å². The number of fused-ring (bicyclic) bond motifs is 1. The maximum atomic E-state index is 13.3. The molecule has 0 bridgehead atoms. The first-order chi connectivity index (χ1) is 18.4. The van der Waals surface area contributed by atoms with Crippen LogP contribution >= 0.6 is 24.2 Å². The van der Waals surface area contributed by atoms with E-state index in [4.69, 9.17) is 9.47 Å². The van der Waals surface area contributed by atoms with Crippen LogP contribution in [-0.2, 0) is 22.5 Å². The van der Waals surface area contributed by atoms with Gasteiger partial charge in [-0.15, -0.1) is 12.4 Å². The van der Waals surface area contributed by atoms with Gasteiger partial charge in [-0.1, -0.05) is 0 Å². The lowest BCUT2D eigenvalue weighted by Gasteiger charge is -2.30. The van der Waals surface area contributed by atoms with E-state index in [0.717, 1.165) is 42.6 Å². The number of urea groups is 1. The average molecular weight is 576 g/mol. The van der Waals surface area contributed by atoms with E-state index in [1.54, 1.807) is 34.7 Å². The second kappa shape index (κ2) is 14.2. The molecule has 13 heteroatoms. The molecule has 4 heterocycles. The smallest absolute Gasteiger partial charge is 0.328 e. The molecule has 2 aliphatic rings. The summed E-state index contributed by atoms with van der Waals surface area (Å²) in [5, 5.41) is 15.5. The summed E-state index contributed by atoms with van der Waals surface area (Å²) in [6.45, 7) is 2.11. The zero-order valence-electron chi connectivity index (χ0n) is 22.4. The first-order valence-electron chi connectivity index (χ1n) is 12.6. The Bertz CT molecular complexity index is 1220. The Kier molecular flexibility index (Phi) is 11.0. The van der Waals surface area contributed by atoms with E-state index in [-0.39, 0.29) is 24.3 Å². The molecule has 0 radical (unpaired) electrons. The predicted octanol–water partition coefficient (Wildman–Crippen LogP) is 3.68. The van der Waals surface area contributed by atoms with Crippen LogP contribution < -0.4 is 20.3 Å². The summed E-state index contributed by atoms with van der Waals surface area (Å²) in [5.41, 5.74) is 2.72. The minimum atomic E-state index is -0.396. The lowest BCUT2D eigenvalue weighted by atomic mass is 10.0. The Morgan fingerprint density at radius 2 is 2.18 bits per heavy atom. The molecule has 11 nitrogen and oxygen atoms in total. The fourth-order valence-corrected chi connectivity index (χ4v) is 4.90. The van der Waals surface area contributed by atoms with Crippen LogP contribution in [0.4, 0.5) is 22.1 Å². The number of rotatable bonds is 9. The van der Waals surface area contributed by atoms with E-state index >= 15 is 0 Å². The number of amides is 3. The van der Waals surface area contributed by atoms with Gasteiger partial charge < -0.3 is 19.7 Å². The summed E-state index contributed by atoms with van der Waals surface area (Å²) in [6, 6.07) is 5.39. The number of aromatic nitrogens is 2. The first kappa shape index (κ1) is 30.3. The summed E-state index contributed by atoms with van der Waals surface area (Å²) < 4.78 is 11.1. The van der Waals surface area contributed by atoms with Crippen molar-refractivity contribution in [1.82, 2.24) is 14.9 Å². The Balaban J connectivity index is 0.00000420. The van der Waals surface area contributed by atoms with Crippen molar-refractivity contribution < 1.29 is 19.1 Å². The van der Waals surface area contributed by atoms with Crippen molar-refractivity contribution in [3.8, 4) is 11.9 Å². The molecule has 0 unspecified atom stereocenters. The lowest BCUT2D eigenvalue weighted by molar-refractivity contribution is -0.140. The molecular formula is C26H34ClN7O4S. The second-order valence-electron chi connectivity index (χ2n) is 9.17. The predicted molar refractivity (Wildman–Crippen MR) is 154 cm³/mol. The third kappa shape index (κ3) is 7.23. The van der Waals surface area contributed by atoms with E-state index in [9.17, 15) is 14.9 Å². The van der Waals surface area contributed by atoms with Crippen LogP contribution in [0.3, 0.4) is 0 Å². The van der Waals surface area contributed by atoms with Gasteiger partial charge in [-0.05, 0) is 43.6 Å². The molecule has 0 aromatic carbocycles. The molecule has 4 rings (SSSR count). The fraction of sp³-hybridized carbons (Fsp3) is 0.500. The number of halogens is 1. The van der Waals surface area contributed by atoms with Crippen LogP contribution in [0.15, 0.2) is 18.3 Å².